The molecule has 2 aromatic rings. The molecule has 0 unspecified atom stereocenters. The molecule has 6 nitrogen and oxygen atoms in total. The summed E-state index contributed by atoms with van der Waals surface area (Å²) in [6.45, 7) is 8.98. The molecule has 6 heteroatoms. The molecule has 0 heterocycles. The van der Waals surface area contributed by atoms with Crippen molar-refractivity contribution in [1.29, 1.82) is 0 Å². The molecule has 158 valence electrons. The van der Waals surface area contributed by atoms with Crippen molar-refractivity contribution in [3.05, 3.63) is 59.2 Å². The number of aliphatic imine (C=N–C) groups is 1. The first kappa shape index (κ1) is 22.6. The fourth-order valence-electron chi connectivity index (χ4n) is 2.79. The maximum atomic E-state index is 5.95. The van der Waals surface area contributed by atoms with Crippen LogP contribution in [0.3, 0.4) is 0 Å². The van der Waals surface area contributed by atoms with E-state index in [4.69, 9.17) is 9.47 Å². The Kier molecular flexibility index (Phi) is 9.31. The summed E-state index contributed by atoms with van der Waals surface area (Å²) in [7, 11) is 3.48. The first-order valence-electron chi connectivity index (χ1n) is 10.0. The Morgan fingerprint density at radius 2 is 1.76 bits per heavy atom. The van der Waals surface area contributed by atoms with Crippen LogP contribution >= 0.6 is 0 Å². The Labute approximate surface area is 174 Å². The van der Waals surface area contributed by atoms with Crippen molar-refractivity contribution in [3.8, 4) is 5.75 Å². The monoisotopic (exact) mass is 398 g/mol. The van der Waals surface area contributed by atoms with Crippen LogP contribution in [0.25, 0.3) is 0 Å². The van der Waals surface area contributed by atoms with Crippen LogP contribution in [0.5, 0.6) is 5.75 Å². The van der Waals surface area contributed by atoms with Gasteiger partial charge >= 0.3 is 0 Å². The number of guanidine groups is 1. The largest absolute Gasteiger partial charge is 0.491 e. The van der Waals surface area contributed by atoms with Gasteiger partial charge in [0.25, 0.3) is 0 Å². The first-order chi connectivity index (χ1) is 14.0. The van der Waals surface area contributed by atoms with Gasteiger partial charge in [0.05, 0.1) is 12.7 Å². The molecule has 0 aliphatic rings. The molecule has 0 bridgehead atoms. The van der Waals surface area contributed by atoms with Gasteiger partial charge in [0, 0.05) is 45.0 Å². The summed E-state index contributed by atoms with van der Waals surface area (Å²) >= 11 is 0. The smallest absolute Gasteiger partial charge is 0.191 e. The van der Waals surface area contributed by atoms with Crippen molar-refractivity contribution in [3.63, 3.8) is 0 Å². The third-order valence-electron chi connectivity index (χ3n) is 4.30. The minimum atomic E-state index is 0.139. The van der Waals surface area contributed by atoms with Crippen molar-refractivity contribution in [2.45, 2.75) is 40.0 Å². The van der Waals surface area contributed by atoms with E-state index in [1.54, 1.807) is 14.2 Å². The van der Waals surface area contributed by atoms with Crippen LogP contribution in [0.2, 0.25) is 0 Å². The van der Waals surface area contributed by atoms with E-state index in [0.29, 0.717) is 19.7 Å². The molecule has 0 aliphatic heterocycles. The second-order valence-electron chi connectivity index (χ2n) is 7.17. The number of nitrogens with zero attached hydrogens (tertiary/aromatic N) is 1. The molecule has 0 aromatic heterocycles. The number of anilines is 1. The van der Waals surface area contributed by atoms with E-state index >= 15 is 0 Å². The minimum absolute atomic E-state index is 0.139. The standard InChI is InChI=1S/C23H34N4O2/c1-17(2)29-22-14-18(3)6-9-20(22)16-27-23(24-4)26-15-19-7-10-21(11-8-19)25-12-13-28-5/h6-11,14,17,25H,12-13,15-16H2,1-5H3,(H2,24,26,27). The topological polar surface area (TPSA) is 66.9 Å². The Hall–Kier alpha value is -2.73. The molecule has 2 aromatic carbocycles. The molecule has 0 spiro atoms. The van der Waals surface area contributed by atoms with E-state index in [0.717, 1.165) is 29.5 Å². The summed E-state index contributed by atoms with van der Waals surface area (Å²) in [5.41, 5.74) is 4.57. The Balaban J connectivity index is 1.87. The average Bonchev–Trinajstić information content (AvgIpc) is 2.70. The molecular weight excluding hydrogens is 364 g/mol. The van der Waals surface area contributed by atoms with Gasteiger partial charge in [-0.05, 0) is 50.1 Å². The highest BCUT2D eigenvalue weighted by Gasteiger charge is 2.07. The van der Waals surface area contributed by atoms with Crippen LogP contribution in [-0.4, -0.2) is 39.4 Å². The summed E-state index contributed by atoms with van der Waals surface area (Å²) < 4.78 is 11.0. The fraction of sp³-hybridized carbons (Fsp3) is 0.435. The van der Waals surface area contributed by atoms with E-state index in [-0.39, 0.29) is 6.10 Å². The van der Waals surface area contributed by atoms with Crippen LogP contribution in [-0.2, 0) is 17.8 Å². The predicted molar refractivity (Wildman–Crippen MR) is 121 cm³/mol. The van der Waals surface area contributed by atoms with E-state index in [9.17, 15) is 0 Å². The molecule has 0 radical (unpaired) electrons. The van der Waals surface area contributed by atoms with Crippen molar-refractivity contribution in [2.24, 2.45) is 4.99 Å². The molecule has 0 aliphatic carbocycles. The molecule has 29 heavy (non-hydrogen) atoms. The van der Waals surface area contributed by atoms with Crippen molar-refractivity contribution >= 4 is 11.6 Å². The van der Waals surface area contributed by atoms with Gasteiger partial charge in [0.2, 0.25) is 0 Å². The highest BCUT2D eigenvalue weighted by molar-refractivity contribution is 5.79. The fourth-order valence-corrected chi connectivity index (χ4v) is 2.79. The van der Waals surface area contributed by atoms with Gasteiger partial charge in [-0.2, -0.15) is 0 Å². The third kappa shape index (κ3) is 8.03. The lowest BCUT2D eigenvalue weighted by atomic mass is 10.1. The molecular formula is C23H34N4O2. The van der Waals surface area contributed by atoms with Crippen molar-refractivity contribution in [2.75, 3.05) is 32.6 Å². The highest BCUT2D eigenvalue weighted by Crippen LogP contribution is 2.21. The van der Waals surface area contributed by atoms with Gasteiger partial charge in [-0.25, -0.2) is 0 Å². The van der Waals surface area contributed by atoms with Crippen LogP contribution in [0.4, 0.5) is 5.69 Å². The quantitative estimate of drug-likeness (QED) is 0.323. The first-order valence-corrected chi connectivity index (χ1v) is 10.0. The van der Waals surface area contributed by atoms with Crippen molar-refractivity contribution < 1.29 is 9.47 Å². The van der Waals surface area contributed by atoms with Crippen molar-refractivity contribution in [1.82, 2.24) is 10.6 Å². The minimum Gasteiger partial charge on any atom is -0.491 e. The number of hydrogen-bond acceptors (Lipinski definition) is 4. The van der Waals surface area contributed by atoms with Gasteiger partial charge < -0.3 is 25.4 Å². The number of rotatable bonds is 10. The molecule has 2 rings (SSSR count). The zero-order chi connectivity index (χ0) is 21.1. The van der Waals surface area contributed by atoms with E-state index in [2.05, 4.69) is 70.3 Å². The van der Waals surface area contributed by atoms with E-state index in [1.807, 2.05) is 13.8 Å². The Morgan fingerprint density at radius 3 is 2.41 bits per heavy atom. The lowest BCUT2D eigenvalue weighted by Crippen LogP contribution is -2.36. The van der Waals surface area contributed by atoms with Crippen LogP contribution in [0.15, 0.2) is 47.5 Å². The summed E-state index contributed by atoms with van der Waals surface area (Å²) in [5.74, 6) is 1.67. The molecule has 0 saturated heterocycles. The predicted octanol–water partition coefficient (Wildman–Crippen LogP) is 3.71. The number of aryl methyl sites for hydroxylation is 1. The molecule has 3 N–H and O–H groups in total. The van der Waals surface area contributed by atoms with Gasteiger partial charge in [-0.3, -0.25) is 4.99 Å². The Bertz CT molecular complexity index is 773. The maximum Gasteiger partial charge on any atom is 0.191 e. The number of hydrogen-bond donors (Lipinski definition) is 3. The molecule has 0 atom stereocenters. The highest BCUT2D eigenvalue weighted by atomic mass is 16.5. The van der Waals surface area contributed by atoms with Crippen LogP contribution in [0.1, 0.15) is 30.5 Å². The molecule has 0 amide bonds. The number of ether oxygens (including phenoxy) is 2. The van der Waals surface area contributed by atoms with Crippen LogP contribution < -0.4 is 20.7 Å². The lowest BCUT2D eigenvalue weighted by Gasteiger charge is -2.17. The number of benzene rings is 2. The van der Waals surface area contributed by atoms with Gasteiger partial charge in [-0.15, -0.1) is 0 Å². The van der Waals surface area contributed by atoms with E-state index < -0.39 is 0 Å². The van der Waals surface area contributed by atoms with E-state index in [1.165, 1.54) is 11.1 Å². The normalized spacial score (nSPS) is 11.4. The average molecular weight is 399 g/mol. The lowest BCUT2D eigenvalue weighted by molar-refractivity contribution is 0.211. The SMILES string of the molecule is CN=C(NCc1ccc(NCCOC)cc1)NCc1ccc(C)cc1OC(C)C. The zero-order valence-corrected chi connectivity index (χ0v) is 18.2. The number of nitrogens with one attached hydrogen (secondary N) is 3. The molecule has 0 saturated carbocycles. The van der Waals surface area contributed by atoms with Crippen LogP contribution in [0, 0.1) is 6.92 Å². The summed E-state index contributed by atoms with van der Waals surface area (Å²) in [6.07, 6.45) is 0.139. The van der Waals surface area contributed by atoms with Gasteiger partial charge in [0.15, 0.2) is 5.96 Å². The number of methoxy groups -OCH3 is 1. The zero-order valence-electron chi connectivity index (χ0n) is 18.2. The summed E-state index contributed by atoms with van der Waals surface area (Å²) in [6, 6.07) is 14.6. The van der Waals surface area contributed by atoms with Gasteiger partial charge in [-0.1, -0.05) is 24.3 Å². The Morgan fingerprint density at radius 1 is 1.03 bits per heavy atom. The summed E-state index contributed by atoms with van der Waals surface area (Å²) in [5, 5.41) is 10.0. The maximum absolute atomic E-state index is 5.95. The van der Waals surface area contributed by atoms with Gasteiger partial charge in [0.1, 0.15) is 5.75 Å². The third-order valence-corrected chi connectivity index (χ3v) is 4.30. The summed E-state index contributed by atoms with van der Waals surface area (Å²) in [4.78, 5) is 4.32. The second-order valence-corrected chi connectivity index (χ2v) is 7.17. The second kappa shape index (κ2) is 12.0. The molecule has 0 fully saturated rings.